The molecule has 0 N–H and O–H groups in total. The molecule has 0 unspecified atom stereocenters. The number of hydrogen-bond acceptors (Lipinski definition) is 2. The lowest BCUT2D eigenvalue weighted by atomic mass is 9.69. The van der Waals surface area contributed by atoms with E-state index in [4.69, 9.17) is 0 Å². The van der Waals surface area contributed by atoms with E-state index in [1.807, 2.05) is 11.8 Å². The fraction of sp³-hybridized carbons (Fsp3) is 0.122. The Morgan fingerprint density at radius 3 is 1.58 bits per heavy atom. The maximum Gasteiger partial charge on any atom is 0.0726 e. The van der Waals surface area contributed by atoms with Crippen molar-refractivity contribution in [3.63, 3.8) is 0 Å². The standard InChI is InChI=1S/C41H31NS/c1-40(2,3)26-20-22-30-31-23-21-27(42-36-16-8-10-18-38(36)43-39-19-11-9-17-37(39)42)25-35(31)41(34(30)24-26)32-14-6-4-12-28(32)29-13-5-7-15-33(29)41/h4-25H,1-3H3. The van der Waals surface area contributed by atoms with Crippen molar-refractivity contribution in [1.82, 2.24) is 0 Å². The zero-order valence-corrected chi connectivity index (χ0v) is 25.4. The van der Waals surface area contributed by atoms with Crippen LogP contribution in [0.4, 0.5) is 17.1 Å². The number of hydrogen-bond donors (Lipinski definition) is 0. The molecular weight excluding hydrogens is 539 g/mol. The smallest absolute Gasteiger partial charge is 0.0726 e. The molecule has 0 radical (unpaired) electrons. The van der Waals surface area contributed by atoms with Crippen LogP contribution in [0.1, 0.15) is 48.6 Å². The van der Waals surface area contributed by atoms with E-state index in [2.05, 4.69) is 159 Å². The first-order chi connectivity index (χ1) is 21.0. The molecule has 1 heterocycles. The zero-order valence-electron chi connectivity index (χ0n) is 24.6. The van der Waals surface area contributed by atoms with Crippen LogP contribution in [0.2, 0.25) is 0 Å². The fourth-order valence-electron chi connectivity index (χ4n) is 7.72. The molecule has 0 fully saturated rings. The molecule has 0 atom stereocenters. The Morgan fingerprint density at radius 1 is 0.488 bits per heavy atom. The summed E-state index contributed by atoms with van der Waals surface area (Å²) in [6, 6.07) is 50.2. The maximum atomic E-state index is 2.51. The molecule has 1 nitrogen and oxygen atoms in total. The Kier molecular flexibility index (Phi) is 5.09. The van der Waals surface area contributed by atoms with Gasteiger partial charge in [0.2, 0.25) is 0 Å². The van der Waals surface area contributed by atoms with Gasteiger partial charge in [-0.2, -0.15) is 0 Å². The van der Waals surface area contributed by atoms with Gasteiger partial charge in [-0.1, -0.05) is 130 Å². The molecule has 0 saturated heterocycles. The number of nitrogens with zero attached hydrogens (tertiary/aromatic N) is 1. The average Bonchev–Trinajstić information content (AvgIpc) is 3.50. The van der Waals surface area contributed by atoms with Crippen molar-refractivity contribution in [2.75, 3.05) is 4.90 Å². The number of anilines is 3. The first-order valence-electron chi connectivity index (χ1n) is 15.1. The third-order valence-corrected chi connectivity index (χ3v) is 10.8. The van der Waals surface area contributed by atoms with Crippen LogP contribution in [0.3, 0.4) is 0 Å². The molecule has 3 aliphatic rings. The van der Waals surface area contributed by atoms with E-state index >= 15 is 0 Å². The first kappa shape index (κ1) is 25.0. The molecule has 206 valence electrons. The third-order valence-electron chi connectivity index (χ3n) is 9.63. The summed E-state index contributed by atoms with van der Waals surface area (Å²) in [7, 11) is 0. The minimum absolute atomic E-state index is 0.0483. The van der Waals surface area contributed by atoms with Gasteiger partial charge in [0, 0.05) is 15.5 Å². The predicted octanol–water partition coefficient (Wildman–Crippen LogP) is 11.3. The quantitative estimate of drug-likeness (QED) is 0.193. The highest BCUT2D eigenvalue weighted by Crippen LogP contribution is 2.64. The van der Waals surface area contributed by atoms with Gasteiger partial charge >= 0.3 is 0 Å². The summed E-state index contributed by atoms with van der Waals surface area (Å²) in [4.78, 5) is 5.03. The zero-order chi connectivity index (χ0) is 28.9. The van der Waals surface area contributed by atoms with Gasteiger partial charge in [0.1, 0.15) is 0 Å². The van der Waals surface area contributed by atoms with Crippen molar-refractivity contribution in [1.29, 1.82) is 0 Å². The molecule has 0 bridgehead atoms. The van der Waals surface area contributed by atoms with E-state index in [0.717, 1.165) is 0 Å². The number of rotatable bonds is 1. The number of para-hydroxylation sites is 2. The van der Waals surface area contributed by atoms with E-state index in [9.17, 15) is 0 Å². The second-order valence-corrected chi connectivity index (χ2v) is 14.0. The summed E-state index contributed by atoms with van der Waals surface area (Å²) in [5.41, 5.74) is 15.6. The molecule has 43 heavy (non-hydrogen) atoms. The van der Waals surface area contributed by atoms with Crippen molar-refractivity contribution < 1.29 is 0 Å². The van der Waals surface area contributed by atoms with E-state index in [0.29, 0.717) is 0 Å². The van der Waals surface area contributed by atoms with Gasteiger partial charge in [-0.05, 0) is 91.9 Å². The van der Waals surface area contributed by atoms with Gasteiger partial charge in [-0.15, -0.1) is 0 Å². The lowest BCUT2D eigenvalue weighted by Gasteiger charge is -2.35. The van der Waals surface area contributed by atoms with E-state index in [1.165, 1.54) is 76.9 Å². The molecule has 0 saturated carbocycles. The normalized spacial score (nSPS) is 14.9. The van der Waals surface area contributed by atoms with Crippen LogP contribution in [0.5, 0.6) is 0 Å². The molecule has 2 heteroatoms. The lowest BCUT2D eigenvalue weighted by Crippen LogP contribution is -2.27. The van der Waals surface area contributed by atoms with Gasteiger partial charge in [-0.3, -0.25) is 0 Å². The summed E-state index contributed by atoms with van der Waals surface area (Å²) in [5.74, 6) is 0. The van der Waals surface area contributed by atoms with Crippen molar-refractivity contribution in [3.8, 4) is 22.3 Å². The van der Waals surface area contributed by atoms with E-state index in [1.54, 1.807) is 0 Å². The van der Waals surface area contributed by atoms with Crippen LogP contribution >= 0.6 is 11.8 Å². The molecule has 6 aromatic rings. The van der Waals surface area contributed by atoms with Crippen LogP contribution in [0.15, 0.2) is 143 Å². The van der Waals surface area contributed by atoms with Gasteiger partial charge in [-0.25, -0.2) is 0 Å². The monoisotopic (exact) mass is 569 g/mol. The van der Waals surface area contributed by atoms with Crippen molar-refractivity contribution >= 4 is 28.8 Å². The summed E-state index contributed by atoms with van der Waals surface area (Å²) in [6.07, 6.45) is 0. The van der Waals surface area contributed by atoms with Crippen LogP contribution in [0.25, 0.3) is 22.3 Å². The topological polar surface area (TPSA) is 3.24 Å². The Hall–Kier alpha value is -4.53. The summed E-state index contributed by atoms with van der Waals surface area (Å²) >= 11 is 1.86. The highest BCUT2D eigenvalue weighted by molar-refractivity contribution is 7.99. The largest absolute Gasteiger partial charge is 0.308 e. The molecular formula is C41H31NS. The lowest BCUT2D eigenvalue weighted by molar-refractivity contribution is 0.588. The van der Waals surface area contributed by atoms with Gasteiger partial charge in [0.15, 0.2) is 0 Å². The van der Waals surface area contributed by atoms with Crippen molar-refractivity contribution in [2.45, 2.75) is 41.4 Å². The van der Waals surface area contributed by atoms with Crippen LogP contribution in [-0.2, 0) is 10.8 Å². The van der Waals surface area contributed by atoms with Gasteiger partial charge < -0.3 is 4.90 Å². The molecule has 6 aromatic carbocycles. The van der Waals surface area contributed by atoms with Crippen molar-refractivity contribution in [2.24, 2.45) is 0 Å². The predicted molar refractivity (Wildman–Crippen MR) is 180 cm³/mol. The van der Waals surface area contributed by atoms with E-state index in [-0.39, 0.29) is 10.8 Å². The molecule has 9 rings (SSSR count). The molecule has 1 aliphatic heterocycles. The SMILES string of the molecule is CC(C)(C)c1ccc2c(c1)C1(c3ccccc3-c3ccccc31)c1cc(N3c4ccccc4Sc4ccccc43)ccc1-2. The highest BCUT2D eigenvalue weighted by Gasteiger charge is 2.52. The number of fused-ring (bicyclic) bond motifs is 12. The Morgan fingerprint density at radius 2 is 0.977 bits per heavy atom. The minimum Gasteiger partial charge on any atom is -0.308 e. The fourth-order valence-corrected chi connectivity index (χ4v) is 8.77. The summed E-state index contributed by atoms with van der Waals surface area (Å²) < 4.78 is 0. The molecule has 1 spiro atoms. The second kappa shape index (κ2) is 8.75. The molecule has 0 amide bonds. The first-order valence-corrected chi connectivity index (χ1v) is 15.9. The Balaban J connectivity index is 1.38. The Labute approximate surface area is 257 Å². The van der Waals surface area contributed by atoms with Crippen LogP contribution in [-0.4, -0.2) is 0 Å². The molecule has 0 aromatic heterocycles. The number of benzene rings is 6. The van der Waals surface area contributed by atoms with Crippen LogP contribution in [0, 0.1) is 0 Å². The maximum absolute atomic E-state index is 2.51. The van der Waals surface area contributed by atoms with E-state index < -0.39 is 0 Å². The minimum atomic E-state index is -0.376. The van der Waals surface area contributed by atoms with Crippen molar-refractivity contribution in [3.05, 3.63) is 161 Å². The van der Waals surface area contributed by atoms with Gasteiger partial charge in [0.25, 0.3) is 0 Å². The van der Waals surface area contributed by atoms with Gasteiger partial charge in [0.05, 0.1) is 16.8 Å². The third kappa shape index (κ3) is 3.30. The summed E-state index contributed by atoms with van der Waals surface area (Å²) in [5, 5.41) is 0. The summed E-state index contributed by atoms with van der Waals surface area (Å²) in [6.45, 7) is 6.96. The average molecular weight is 570 g/mol. The Bertz CT molecular complexity index is 2020. The highest BCUT2D eigenvalue weighted by atomic mass is 32.2. The molecule has 2 aliphatic carbocycles. The van der Waals surface area contributed by atoms with Crippen LogP contribution < -0.4 is 4.90 Å². The second-order valence-electron chi connectivity index (χ2n) is 13.0.